The van der Waals surface area contributed by atoms with E-state index >= 15 is 0 Å². The van der Waals surface area contributed by atoms with Gasteiger partial charge in [-0.1, -0.05) is 6.42 Å². The van der Waals surface area contributed by atoms with Gasteiger partial charge in [-0.15, -0.1) is 0 Å². The lowest BCUT2D eigenvalue weighted by Gasteiger charge is -2.28. The highest BCUT2D eigenvalue weighted by Crippen LogP contribution is 2.48. The average Bonchev–Trinajstić information content (AvgIpc) is 3.00. The molecule has 2 aliphatic carbocycles. The second-order valence-corrected chi connectivity index (χ2v) is 6.34. The van der Waals surface area contributed by atoms with Crippen LogP contribution in [0, 0.1) is 24.7 Å². The molecule has 102 valence electrons. The van der Waals surface area contributed by atoms with Gasteiger partial charge < -0.3 is 4.90 Å². The Morgan fingerprint density at radius 3 is 2.84 bits per heavy atom. The van der Waals surface area contributed by atoms with Crippen molar-refractivity contribution in [3.63, 3.8) is 0 Å². The lowest BCUT2D eigenvalue weighted by molar-refractivity contribution is 0.112. The predicted octanol–water partition coefficient (Wildman–Crippen LogP) is 3.07. The van der Waals surface area contributed by atoms with Gasteiger partial charge in [-0.3, -0.25) is 4.79 Å². The number of rotatable bonds is 4. The largest absolute Gasteiger partial charge is 0.359 e. The van der Waals surface area contributed by atoms with E-state index in [-0.39, 0.29) is 0 Å². The van der Waals surface area contributed by atoms with Crippen molar-refractivity contribution in [3.05, 3.63) is 23.4 Å². The first-order chi connectivity index (χ1) is 9.17. The van der Waals surface area contributed by atoms with Gasteiger partial charge in [0.15, 0.2) is 6.29 Å². The van der Waals surface area contributed by atoms with Crippen molar-refractivity contribution in [2.75, 3.05) is 18.5 Å². The van der Waals surface area contributed by atoms with Crippen molar-refractivity contribution in [1.29, 1.82) is 0 Å². The Labute approximate surface area is 115 Å². The van der Waals surface area contributed by atoms with E-state index < -0.39 is 0 Å². The van der Waals surface area contributed by atoms with Crippen LogP contribution < -0.4 is 4.90 Å². The number of carbonyl (C=O) groups excluding carboxylic acids is 1. The summed E-state index contributed by atoms with van der Waals surface area (Å²) in [5, 5.41) is 0. The minimum atomic E-state index is 0.662. The van der Waals surface area contributed by atoms with Crippen LogP contribution in [0.1, 0.15) is 41.6 Å². The smallest absolute Gasteiger partial charge is 0.151 e. The molecule has 1 aromatic rings. The second-order valence-electron chi connectivity index (χ2n) is 6.34. The molecule has 3 nitrogen and oxygen atoms in total. The van der Waals surface area contributed by atoms with E-state index in [2.05, 4.69) is 16.9 Å². The number of hydrogen-bond donors (Lipinski definition) is 0. The number of anilines is 1. The van der Waals surface area contributed by atoms with Crippen LogP contribution in [-0.4, -0.2) is 24.9 Å². The highest BCUT2D eigenvalue weighted by Gasteiger charge is 2.39. The minimum absolute atomic E-state index is 0.662. The van der Waals surface area contributed by atoms with Gasteiger partial charge in [0.05, 0.1) is 0 Å². The lowest BCUT2D eigenvalue weighted by Crippen LogP contribution is -2.29. The quantitative estimate of drug-likeness (QED) is 0.778. The zero-order valence-corrected chi connectivity index (χ0v) is 11.8. The summed E-state index contributed by atoms with van der Waals surface area (Å²) in [5.74, 6) is 3.81. The van der Waals surface area contributed by atoms with Gasteiger partial charge in [0.2, 0.25) is 0 Å². The molecular weight excluding hydrogens is 236 g/mol. The van der Waals surface area contributed by atoms with Crippen LogP contribution in [0.4, 0.5) is 5.82 Å². The first-order valence-corrected chi connectivity index (χ1v) is 7.30. The third-order valence-electron chi connectivity index (χ3n) is 4.96. The maximum absolute atomic E-state index is 10.8. The molecule has 0 N–H and O–H groups in total. The number of fused-ring (bicyclic) bond motifs is 2. The maximum Gasteiger partial charge on any atom is 0.151 e. The van der Waals surface area contributed by atoms with Crippen LogP contribution in [0.25, 0.3) is 0 Å². The SMILES string of the molecule is Cc1cc(C=O)cnc1N(C)CC1CC2CCC1C2. The first kappa shape index (κ1) is 12.6. The van der Waals surface area contributed by atoms with Crippen molar-refractivity contribution in [2.45, 2.75) is 32.6 Å². The molecule has 1 heterocycles. The molecule has 2 fully saturated rings. The summed E-state index contributed by atoms with van der Waals surface area (Å²) in [4.78, 5) is 17.5. The Hall–Kier alpha value is -1.38. The van der Waals surface area contributed by atoms with Crippen molar-refractivity contribution < 1.29 is 4.79 Å². The summed E-state index contributed by atoms with van der Waals surface area (Å²) < 4.78 is 0. The normalized spacial score (nSPS) is 28.6. The highest BCUT2D eigenvalue weighted by molar-refractivity contribution is 5.75. The molecular formula is C16H22N2O. The minimum Gasteiger partial charge on any atom is -0.359 e. The van der Waals surface area contributed by atoms with E-state index in [9.17, 15) is 4.79 Å². The van der Waals surface area contributed by atoms with Gasteiger partial charge in [0.1, 0.15) is 5.82 Å². The molecule has 0 spiro atoms. The lowest BCUT2D eigenvalue weighted by atomic mass is 9.88. The Kier molecular flexibility index (Phi) is 3.29. The molecule has 0 amide bonds. The molecule has 0 aliphatic heterocycles. The molecule has 2 saturated carbocycles. The summed E-state index contributed by atoms with van der Waals surface area (Å²) in [6.45, 7) is 3.14. The Bertz CT molecular complexity index is 486. The van der Waals surface area contributed by atoms with Crippen molar-refractivity contribution in [3.8, 4) is 0 Å². The fourth-order valence-corrected chi connectivity index (χ4v) is 4.09. The average molecular weight is 258 g/mol. The molecule has 1 aromatic heterocycles. The van der Waals surface area contributed by atoms with Gasteiger partial charge in [-0.25, -0.2) is 4.98 Å². The zero-order chi connectivity index (χ0) is 13.4. The second kappa shape index (κ2) is 4.95. The summed E-state index contributed by atoms with van der Waals surface area (Å²) >= 11 is 0. The Balaban J connectivity index is 1.70. The van der Waals surface area contributed by atoms with Crippen LogP contribution in [0.2, 0.25) is 0 Å². The molecule has 3 unspecified atom stereocenters. The molecule has 3 rings (SSSR count). The summed E-state index contributed by atoms with van der Waals surface area (Å²) in [6, 6.07) is 1.92. The first-order valence-electron chi connectivity index (χ1n) is 7.30. The monoisotopic (exact) mass is 258 g/mol. The highest BCUT2D eigenvalue weighted by atomic mass is 16.1. The van der Waals surface area contributed by atoms with Crippen LogP contribution >= 0.6 is 0 Å². The molecule has 2 bridgehead atoms. The van der Waals surface area contributed by atoms with E-state index in [1.54, 1.807) is 6.20 Å². The Morgan fingerprint density at radius 1 is 1.42 bits per heavy atom. The maximum atomic E-state index is 10.8. The Morgan fingerprint density at radius 2 is 2.26 bits per heavy atom. The van der Waals surface area contributed by atoms with E-state index in [4.69, 9.17) is 0 Å². The molecule has 2 aliphatic rings. The number of hydrogen-bond acceptors (Lipinski definition) is 3. The number of aromatic nitrogens is 1. The molecule has 0 radical (unpaired) electrons. The van der Waals surface area contributed by atoms with E-state index in [1.165, 1.54) is 25.7 Å². The van der Waals surface area contributed by atoms with Crippen LogP contribution in [0.5, 0.6) is 0 Å². The van der Waals surface area contributed by atoms with E-state index in [0.29, 0.717) is 5.56 Å². The zero-order valence-electron chi connectivity index (χ0n) is 11.8. The molecule has 19 heavy (non-hydrogen) atoms. The predicted molar refractivity (Wildman–Crippen MR) is 76.6 cm³/mol. The van der Waals surface area contributed by atoms with Gasteiger partial charge in [0.25, 0.3) is 0 Å². The molecule has 0 saturated heterocycles. The number of nitrogens with zero attached hydrogens (tertiary/aromatic N) is 2. The van der Waals surface area contributed by atoms with E-state index in [0.717, 1.165) is 42.0 Å². The van der Waals surface area contributed by atoms with Crippen LogP contribution in [-0.2, 0) is 0 Å². The molecule has 0 aromatic carbocycles. The number of aryl methyl sites for hydroxylation is 1. The van der Waals surface area contributed by atoms with Crippen LogP contribution in [0.3, 0.4) is 0 Å². The number of pyridine rings is 1. The summed E-state index contributed by atoms with van der Waals surface area (Å²) in [5.41, 5.74) is 1.75. The van der Waals surface area contributed by atoms with Crippen molar-refractivity contribution in [2.24, 2.45) is 17.8 Å². The van der Waals surface area contributed by atoms with Crippen molar-refractivity contribution >= 4 is 12.1 Å². The van der Waals surface area contributed by atoms with Crippen LogP contribution in [0.15, 0.2) is 12.3 Å². The summed E-state index contributed by atoms with van der Waals surface area (Å²) in [6.07, 6.45) is 8.28. The van der Waals surface area contributed by atoms with E-state index in [1.807, 2.05) is 13.0 Å². The molecule has 3 heteroatoms. The third kappa shape index (κ3) is 2.38. The summed E-state index contributed by atoms with van der Waals surface area (Å²) in [7, 11) is 2.13. The fraction of sp³-hybridized carbons (Fsp3) is 0.625. The van der Waals surface area contributed by atoms with Crippen molar-refractivity contribution in [1.82, 2.24) is 4.98 Å². The fourth-order valence-electron chi connectivity index (χ4n) is 4.09. The number of aldehydes is 1. The third-order valence-corrected chi connectivity index (χ3v) is 4.96. The number of carbonyl (C=O) groups is 1. The van der Waals surface area contributed by atoms with Gasteiger partial charge in [-0.2, -0.15) is 0 Å². The van der Waals surface area contributed by atoms with Gasteiger partial charge in [-0.05, 0) is 55.6 Å². The standard InChI is InChI=1S/C16H22N2O/c1-11-5-13(10-19)8-17-16(11)18(2)9-15-7-12-3-4-14(15)6-12/h5,8,10,12,14-15H,3-4,6-7,9H2,1-2H3. The topological polar surface area (TPSA) is 33.2 Å². The van der Waals surface area contributed by atoms with Gasteiger partial charge >= 0.3 is 0 Å². The van der Waals surface area contributed by atoms with Gasteiger partial charge in [0, 0.05) is 25.4 Å². The molecule has 3 atom stereocenters.